The van der Waals surface area contributed by atoms with Gasteiger partial charge < -0.3 is 5.73 Å². The molecule has 20 heavy (non-hydrogen) atoms. The summed E-state index contributed by atoms with van der Waals surface area (Å²) in [5.41, 5.74) is 7.09. The molecule has 0 atom stereocenters. The van der Waals surface area contributed by atoms with Gasteiger partial charge in [-0.25, -0.2) is 0 Å². The highest BCUT2D eigenvalue weighted by molar-refractivity contribution is 5.82. The lowest BCUT2D eigenvalue weighted by Gasteiger charge is -2.31. The van der Waals surface area contributed by atoms with Crippen molar-refractivity contribution in [1.29, 1.82) is 0 Å². The fourth-order valence-electron chi connectivity index (χ4n) is 3.26. The standard InChI is InChI=1S/C18H24N2/c19-10-7-15-8-11-20(12-9-15)14-16-5-6-17-3-1-2-4-18(17)13-16/h1-6,13,15H,7-12,14,19H2. The van der Waals surface area contributed by atoms with Crippen molar-refractivity contribution in [3.63, 3.8) is 0 Å². The molecule has 0 spiro atoms. The molecule has 0 amide bonds. The number of nitrogens with zero attached hydrogens (tertiary/aromatic N) is 1. The maximum absolute atomic E-state index is 5.66. The van der Waals surface area contributed by atoms with Gasteiger partial charge >= 0.3 is 0 Å². The van der Waals surface area contributed by atoms with E-state index in [1.54, 1.807) is 0 Å². The van der Waals surface area contributed by atoms with E-state index in [0.29, 0.717) is 0 Å². The van der Waals surface area contributed by atoms with Crippen LogP contribution in [0.5, 0.6) is 0 Å². The van der Waals surface area contributed by atoms with Gasteiger partial charge in [0.1, 0.15) is 0 Å². The second kappa shape index (κ2) is 6.38. The van der Waals surface area contributed by atoms with Crippen LogP contribution in [0.1, 0.15) is 24.8 Å². The number of benzene rings is 2. The Bertz CT molecular complexity index is 556. The van der Waals surface area contributed by atoms with Gasteiger partial charge in [0.15, 0.2) is 0 Å². The molecule has 2 aromatic rings. The summed E-state index contributed by atoms with van der Waals surface area (Å²) < 4.78 is 0. The number of hydrogen-bond acceptors (Lipinski definition) is 2. The van der Waals surface area contributed by atoms with Crippen molar-refractivity contribution >= 4 is 10.8 Å². The summed E-state index contributed by atoms with van der Waals surface area (Å²) in [6.45, 7) is 4.37. The number of rotatable bonds is 4. The Balaban J connectivity index is 1.62. The first-order chi connectivity index (χ1) is 9.85. The monoisotopic (exact) mass is 268 g/mol. The predicted octanol–water partition coefficient (Wildman–Crippen LogP) is 3.40. The number of piperidine rings is 1. The van der Waals surface area contributed by atoms with Crippen LogP contribution in [-0.2, 0) is 6.54 Å². The van der Waals surface area contributed by atoms with E-state index < -0.39 is 0 Å². The minimum Gasteiger partial charge on any atom is -0.330 e. The maximum Gasteiger partial charge on any atom is 0.0233 e. The molecule has 2 heteroatoms. The van der Waals surface area contributed by atoms with Gasteiger partial charge in [-0.2, -0.15) is 0 Å². The summed E-state index contributed by atoms with van der Waals surface area (Å²) in [5.74, 6) is 0.854. The molecule has 1 aliphatic heterocycles. The number of fused-ring (bicyclic) bond motifs is 1. The van der Waals surface area contributed by atoms with Crippen LogP contribution in [0.15, 0.2) is 42.5 Å². The lowest BCUT2D eigenvalue weighted by atomic mass is 9.93. The average molecular weight is 268 g/mol. The molecule has 106 valence electrons. The first-order valence-corrected chi connectivity index (χ1v) is 7.75. The van der Waals surface area contributed by atoms with E-state index >= 15 is 0 Å². The largest absolute Gasteiger partial charge is 0.330 e. The van der Waals surface area contributed by atoms with Crippen LogP contribution in [0.4, 0.5) is 0 Å². The summed E-state index contributed by atoms with van der Waals surface area (Å²) in [7, 11) is 0. The first kappa shape index (κ1) is 13.6. The highest BCUT2D eigenvalue weighted by Gasteiger charge is 2.18. The zero-order valence-corrected chi connectivity index (χ0v) is 12.1. The third-order valence-electron chi connectivity index (χ3n) is 4.50. The molecule has 0 unspecified atom stereocenters. The Labute approximate surface area is 121 Å². The molecule has 1 heterocycles. The topological polar surface area (TPSA) is 29.3 Å². The van der Waals surface area contributed by atoms with Crippen LogP contribution in [0, 0.1) is 5.92 Å². The average Bonchev–Trinajstić information content (AvgIpc) is 2.49. The van der Waals surface area contributed by atoms with E-state index in [2.05, 4.69) is 47.4 Å². The van der Waals surface area contributed by atoms with Gasteiger partial charge in [-0.3, -0.25) is 4.90 Å². The molecule has 1 saturated heterocycles. The highest BCUT2D eigenvalue weighted by atomic mass is 15.1. The smallest absolute Gasteiger partial charge is 0.0233 e. The van der Waals surface area contributed by atoms with Gasteiger partial charge in [0.2, 0.25) is 0 Å². The fourth-order valence-corrected chi connectivity index (χ4v) is 3.26. The van der Waals surface area contributed by atoms with Crippen LogP contribution in [-0.4, -0.2) is 24.5 Å². The van der Waals surface area contributed by atoms with Crippen molar-refractivity contribution < 1.29 is 0 Å². The van der Waals surface area contributed by atoms with Crippen molar-refractivity contribution in [3.8, 4) is 0 Å². The normalized spacial score (nSPS) is 17.6. The molecule has 2 nitrogen and oxygen atoms in total. The summed E-state index contributed by atoms with van der Waals surface area (Å²) in [4.78, 5) is 2.58. The van der Waals surface area contributed by atoms with Crippen LogP contribution in [0.25, 0.3) is 10.8 Å². The van der Waals surface area contributed by atoms with Crippen molar-refractivity contribution in [3.05, 3.63) is 48.0 Å². The third kappa shape index (κ3) is 3.20. The van der Waals surface area contributed by atoms with E-state index in [1.165, 1.54) is 48.7 Å². The Morgan fingerprint density at radius 1 is 1.00 bits per heavy atom. The van der Waals surface area contributed by atoms with Crippen LogP contribution in [0.2, 0.25) is 0 Å². The summed E-state index contributed by atoms with van der Waals surface area (Å²) in [5, 5.41) is 2.68. The molecule has 1 fully saturated rings. The number of nitrogens with two attached hydrogens (primary N) is 1. The van der Waals surface area contributed by atoms with Crippen molar-refractivity contribution in [2.24, 2.45) is 11.7 Å². The van der Waals surface area contributed by atoms with E-state index in [-0.39, 0.29) is 0 Å². The molecule has 0 radical (unpaired) electrons. The zero-order chi connectivity index (χ0) is 13.8. The molecule has 2 aromatic carbocycles. The van der Waals surface area contributed by atoms with Crippen LogP contribution >= 0.6 is 0 Å². The fraction of sp³-hybridized carbons (Fsp3) is 0.444. The van der Waals surface area contributed by atoms with Crippen molar-refractivity contribution in [2.75, 3.05) is 19.6 Å². The van der Waals surface area contributed by atoms with E-state index in [4.69, 9.17) is 5.73 Å². The number of hydrogen-bond donors (Lipinski definition) is 1. The minimum atomic E-state index is 0.843. The summed E-state index contributed by atoms with van der Waals surface area (Å²) in [6, 6.07) is 15.4. The molecule has 0 saturated carbocycles. The lowest BCUT2D eigenvalue weighted by molar-refractivity contribution is 0.173. The third-order valence-corrected chi connectivity index (χ3v) is 4.50. The SMILES string of the molecule is NCCC1CCN(Cc2ccc3ccccc3c2)CC1. The number of likely N-dealkylation sites (tertiary alicyclic amines) is 1. The van der Waals surface area contributed by atoms with Gasteiger partial charge in [-0.1, -0.05) is 36.4 Å². The second-order valence-electron chi connectivity index (χ2n) is 5.98. The quantitative estimate of drug-likeness (QED) is 0.921. The Morgan fingerprint density at radius 3 is 2.50 bits per heavy atom. The Morgan fingerprint density at radius 2 is 1.75 bits per heavy atom. The molecule has 0 bridgehead atoms. The Hall–Kier alpha value is -1.38. The molecule has 0 aromatic heterocycles. The summed E-state index contributed by atoms with van der Waals surface area (Å²) in [6.07, 6.45) is 3.82. The van der Waals surface area contributed by atoms with Crippen molar-refractivity contribution in [2.45, 2.75) is 25.8 Å². The molecular weight excluding hydrogens is 244 g/mol. The van der Waals surface area contributed by atoms with Gasteiger partial charge in [0.25, 0.3) is 0 Å². The van der Waals surface area contributed by atoms with E-state index in [1.807, 2.05) is 0 Å². The summed E-state index contributed by atoms with van der Waals surface area (Å²) >= 11 is 0. The van der Waals surface area contributed by atoms with Crippen molar-refractivity contribution in [1.82, 2.24) is 4.90 Å². The van der Waals surface area contributed by atoms with E-state index in [0.717, 1.165) is 19.0 Å². The van der Waals surface area contributed by atoms with Gasteiger partial charge in [0, 0.05) is 6.54 Å². The highest BCUT2D eigenvalue weighted by Crippen LogP contribution is 2.22. The maximum atomic E-state index is 5.66. The lowest BCUT2D eigenvalue weighted by Crippen LogP contribution is -2.33. The molecule has 1 aliphatic rings. The van der Waals surface area contributed by atoms with Crippen LogP contribution in [0.3, 0.4) is 0 Å². The molecular formula is C18H24N2. The van der Waals surface area contributed by atoms with E-state index in [9.17, 15) is 0 Å². The second-order valence-corrected chi connectivity index (χ2v) is 5.98. The van der Waals surface area contributed by atoms with Gasteiger partial charge in [0.05, 0.1) is 0 Å². The van der Waals surface area contributed by atoms with Gasteiger partial charge in [-0.05, 0) is 67.2 Å². The Kier molecular flexibility index (Phi) is 4.34. The zero-order valence-electron chi connectivity index (χ0n) is 12.1. The first-order valence-electron chi connectivity index (χ1n) is 7.75. The predicted molar refractivity (Wildman–Crippen MR) is 85.6 cm³/mol. The molecule has 0 aliphatic carbocycles. The van der Waals surface area contributed by atoms with Crippen LogP contribution < -0.4 is 5.73 Å². The molecule has 3 rings (SSSR count). The minimum absolute atomic E-state index is 0.843. The van der Waals surface area contributed by atoms with Gasteiger partial charge in [-0.15, -0.1) is 0 Å². The molecule has 2 N–H and O–H groups in total.